The van der Waals surface area contributed by atoms with Gasteiger partial charge in [-0.1, -0.05) is 0 Å². The van der Waals surface area contributed by atoms with Crippen molar-refractivity contribution in [2.24, 2.45) is 0 Å². The molecule has 0 aliphatic heterocycles. The summed E-state index contributed by atoms with van der Waals surface area (Å²) < 4.78 is 21.3. The fraction of sp³-hybridized carbons (Fsp3) is 0.250. The van der Waals surface area contributed by atoms with Gasteiger partial charge < -0.3 is 0 Å². The zero-order valence-corrected chi connectivity index (χ0v) is 10.6. The highest BCUT2D eigenvalue weighted by Gasteiger charge is 2.21. The molecule has 0 saturated heterocycles. The maximum atomic E-state index is 11.3. The Balaban J connectivity index is 1.69. The van der Waals surface area contributed by atoms with Gasteiger partial charge in [-0.3, -0.25) is 0 Å². The van der Waals surface area contributed by atoms with Gasteiger partial charge in [-0.05, 0) is 0 Å². The number of hydrogen-bond donors (Lipinski definition) is 0. The average Bonchev–Trinajstić information content (AvgIpc) is 2.96. The van der Waals surface area contributed by atoms with E-state index in [-0.39, 0.29) is 13.2 Å². The van der Waals surface area contributed by atoms with Crippen LogP contribution in [0.2, 0.25) is 0 Å². The Hall–Kier alpha value is -0.720. The standard InChI is InChI=1S/C8H8N2O3PS2/c11-14(12-5-7-9-1-3-15-7)13-6-8-10-2-4-16-8/h1-4H,5-6H2/q+1. The fourth-order valence-electron chi connectivity index (χ4n) is 0.902. The third-order valence-electron chi connectivity index (χ3n) is 1.55. The van der Waals surface area contributed by atoms with Crippen LogP contribution in [0.4, 0.5) is 0 Å². The van der Waals surface area contributed by atoms with Crippen molar-refractivity contribution in [2.45, 2.75) is 13.2 Å². The third-order valence-corrected chi connectivity index (χ3v) is 3.74. The van der Waals surface area contributed by atoms with Crippen molar-refractivity contribution in [1.29, 1.82) is 0 Å². The van der Waals surface area contributed by atoms with Crippen LogP contribution in [0.3, 0.4) is 0 Å². The van der Waals surface area contributed by atoms with Crippen LogP contribution in [0.5, 0.6) is 0 Å². The Kier molecular flexibility index (Phi) is 4.50. The van der Waals surface area contributed by atoms with Crippen LogP contribution in [0.15, 0.2) is 23.2 Å². The monoisotopic (exact) mass is 275 g/mol. The van der Waals surface area contributed by atoms with E-state index in [9.17, 15) is 4.57 Å². The van der Waals surface area contributed by atoms with Crippen molar-refractivity contribution in [3.63, 3.8) is 0 Å². The van der Waals surface area contributed by atoms with Gasteiger partial charge in [-0.2, -0.15) is 0 Å². The van der Waals surface area contributed by atoms with E-state index in [4.69, 9.17) is 9.05 Å². The van der Waals surface area contributed by atoms with Gasteiger partial charge in [0.25, 0.3) is 0 Å². The van der Waals surface area contributed by atoms with E-state index in [2.05, 4.69) is 9.97 Å². The topological polar surface area (TPSA) is 61.3 Å². The fourth-order valence-corrected chi connectivity index (χ4v) is 2.66. The molecule has 0 radical (unpaired) electrons. The molecule has 8 heteroatoms. The molecule has 0 atom stereocenters. The largest absolute Gasteiger partial charge is 0.698 e. The predicted molar refractivity (Wildman–Crippen MR) is 61.4 cm³/mol. The third kappa shape index (κ3) is 3.70. The summed E-state index contributed by atoms with van der Waals surface area (Å²) in [6, 6.07) is 0. The summed E-state index contributed by atoms with van der Waals surface area (Å²) in [7, 11) is -2.11. The van der Waals surface area contributed by atoms with Gasteiger partial charge in [0.05, 0.1) is 0 Å². The molecule has 0 fully saturated rings. The molecule has 2 heterocycles. The highest BCUT2D eigenvalue weighted by atomic mass is 32.1. The molecule has 0 aliphatic carbocycles. The molecule has 0 saturated carbocycles. The van der Waals surface area contributed by atoms with Crippen molar-refractivity contribution in [3.05, 3.63) is 33.2 Å². The highest BCUT2D eigenvalue weighted by Crippen LogP contribution is 2.27. The number of aromatic nitrogens is 2. The van der Waals surface area contributed by atoms with Gasteiger partial charge in [-0.15, -0.1) is 31.7 Å². The van der Waals surface area contributed by atoms with E-state index < -0.39 is 8.25 Å². The van der Waals surface area contributed by atoms with Crippen molar-refractivity contribution in [1.82, 2.24) is 9.97 Å². The SMILES string of the molecule is O=[P+](OCc1nccs1)OCc1nccs1. The van der Waals surface area contributed by atoms with Crippen LogP contribution in [-0.2, 0) is 26.8 Å². The molecular weight excluding hydrogens is 267 g/mol. The van der Waals surface area contributed by atoms with E-state index in [1.807, 2.05) is 10.8 Å². The van der Waals surface area contributed by atoms with E-state index in [0.29, 0.717) is 0 Å². The number of hydrogen-bond acceptors (Lipinski definition) is 7. The minimum absolute atomic E-state index is 0.213. The molecule has 2 rings (SSSR count). The summed E-state index contributed by atoms with van der Waals surface area (Å²) in [5, 5.41) is 5.23. The molecule has 16 heavy (non-hydrogen) atoms. The van der Waals surface area contributed by atoms with Gasteiger partial charge >= 0.3 is 8.25 Å². The zero-order chi connectivity index (χ0) is 11.2. The second kappa shape index (κ2) is 6.12. The predicted octanol–water partition coefficient (Wildman–Crippen LogP) is 2.99. The summed E-state index contributed by atoms with van der Waals surface area (Å²) in [6.45, 7) is 0.426. The van der Waals surface area contributed by atoms with Crippen molar-refractivity contribution < 1.29 is 13.6 Å². The quantitative estimate of drug-likeness (QED) is 0.758. The summed E-state index contributed by atoms with van der Waals surface area (Å²) in [5.74, 6) is 0. The van der Waals surface area contributed by atoms with Crippen molar-refractivity contribution in [3.8, 4) is 0 Å². The van der Waals surface area contributed by atoms with Gasteiger partial charge in [-0.25, -0.2) is 9.97 Å². The van der Waals surface area contributed by atoms with E-state index >= 15 is 0 Å². The van der Waals surface area contributed by atoms with Crippen molar-refractivity contribution in [2.75, 3.05) is 0 Å². The first-order valence-corrected chi connectivity index (χ1v) is 7.20. The number of thiazole rings is 2. The van der Waals surface area contributed by atoms with Gasteiger partial charge in [0, 0.05) is 27.7 Å². The maximum Gasteiger partial charge on any atom is 0.698 e. The van der Waals surface area contributed by atoms with Crippen LogP contribution in [-0.4, -0.2) is 9.97 Å². The molecule has 0 aromatic carbocycles. The normalized spacial score (nSPS) is 10.5. The molecule has 0 bridgehead atoms. The Labute approximate surface area is 101 Å². The zero-order valence-electron chi connectivity index (χ0n) is 8.11. The van der Waals surface area contributed by atoms with E-state index in [1.54, 1.807) is 12.4 Å². The van der Waals surface area contributed by atoms with E-state index in [1.165, 1.54) is 22.7 Å². The lowest BCUT2D eigenvalue weighted by molar-refractivity contribution is 0.212. The second-order valence-corrected chi connectivity index (χ2v) is 5.54. The first-order valence-electron chi connectivity index (χ1n) is 4.34. The highest BCUT2D eigenvalue weighted by molar-refractivity contribution is 7.33. The Morgan fingerprint density at radius 3 is 1.94 bits per heavy atom. The lowest BCUT2D eigenvalue weighted by atomic mass is 10.8. The molecule has 0 amide bonds. The minimum atomic E-state index is -2.11. The molecule has 0 spiro atoms. The Morgan fingerprint density at radius 2 is 1.56 bits per heavy atom. The lowest BCUT2D eigenvalue weighted by Crippen LogP contribution is -1.88. The molecule has 5 nitrogen and oxygen atoms in total. The second-order valence-electron chi connectivity index (χ2n) is 2.62. The first-order chi connectivity index (χ1) is 7.84. The summed E-state index contributed by atoms with van der Waals surface area (Å²) in [5.41, 5.74) is 0. The van der Waals surface area contributed by atoms with Crippen LogP contribution < -0.4 is 0 Å². The minimum Gasteiger partial charge on any atom is -0.247 e. The smallest absolute Gasteiger partial charge is 0.247 e. The lowest BCUT2D eigenvalue weighted by Gasteiger charge is -1.88. The summed E-state index contributed by atoms with van der Waals surface area (Å²) in [4.78, 5) is 7.99. The number of nitrogens with zero attached hydrogens (tertiary/aromatic N) is 2. The molecule has 0 unspecified atom stereocenters. The summed E-state index contributed by atoms with van der Waals surface area (Å²) in [6.07, 6.45) is 3.35. The van der Waals surface area contributed by atoms with Gasteiger partial charge in [0.15, 0.2) is 13.2 Å². The van der Waals surface area contributed by atoms with Crippen LogP contribution in [0.25, 0.3) is 0 Å². The van der Waals surface area contributed by atoms with Crippen LogP contribution in [0, 0.1) is 0 Å². The van der Waals surface area contributed by atoms with E-state index in [0.717, 1.165) is 10.0 Å². The molecule has 0 N–H and O–H groups in total. The van der Waals surface area contributed by atoms with Crippen LogP contribution in [0.1, 0.15) is 10.0 Å². The number of rotatable bonds is 6. The maximum absolute atomic E-state index is 11.3. The molecule has 84 valence electrons. The molecule has 0 aliphatic rings. The molecule has 2 aromatic heterocycles. The molecule has 2 aromatic rings. The van der Waals surface area contributed by atoms with Crippen LogP contribution >= 0.6 is 30.9 Å². The summed E-state index contributed by atoms with van der Waals surface area (Å²) >= 11 is 2.90. The van der Waals surface area contributed by atoms with Gasteiger partial charge in [0.2, 0.25) is 0 Å². The average molecular weight is 275 g/mol. The van der Waals surface area contributed by atoms with Gasteiger partial charge in [0.1, 0.15) is 10.0 Å². The molecular formula is C8H8N2O3PS2+. The Bertz CT molecular complexity index is 392. The van der Waals surface area contributed by atoms with Crippen molar-refractivity contribution >= 4 is 30.9 Å². The first kappa shape index (κ1) is 11.8. The Morgan fingerprint density at radius 1 is 1.06 bits per heavy atom.